The molecular formula is C19H18ClN3O. The SMILES string of the molecule is CN1C(=O)[C@H](c2ccc(C#Cc3cccnc3Cl)cn2)CC1(C)C. The van der Waals surface area contributed by atoms with E-state index in [0.717, 1.165) is 17.7 Å². The lowest BCUT2D eigenvalue weighted by Crippen LogP contribution is -2.37. The van der Waals surface area contributed by atoms with Crippen LogP contribution in [0, 0.1) is 11.8 Å². The van der Waals surface area contributed by atoms with Crippen molar-refractivity contribution < 1.29 is 4.79 Å². The second kappa shape index (κ2) is 6.26. The van der Waals surface area contributed by atoms with Gasteiger partial charge in [-0.15, -0.1) is 0 Å². The molecule has 0 radical (unpaired) electrons. The first-order valence-electron chi connectivity index (χ1n) is 7.74. The van der Waals surface area contributed by atoms with Crippen LogP contribution in [0.25, 0.3) is 0 Å². The zero-order valence-corrected chi connectivity index (χ0v) is 14.6. The molecule has 0 unspecified atom stereocenters. The van der Waals surface area contributed by atoms with E-state index < -0.39 is 0 Å². The van der Waals surface area contributed by atoms with Crippen LogP contribution < -0.4 is 0 Å². The fraction of sp³-hybridized carbons (Fsp3) is 0.316. The lowest BCUT2D eigenvalue weighted by atomic mass is 9.93. The van der Waals surface area contributed by atoms with Gasteiger partial charge in [0.2, 0.25) is 5.91 Å². The molecule has 5 heteroatoms. The number of rotatable bonds is 1. The lowest BCUT2D eigenvalue weighted by molar-refractivity contribution is -0.130. The molecule has 0 spiro atoms. The van der Waals surface area contributed by atoms with Crippen molar-refractivity contribution in [3.05, 3.63) is 58.6 Å². The quantitative estimate of drug-likeness (QED) is 0.592. The molecule has 3 heterocycles. The van der Waals surface area contributed by atoms with Crippen molar-refractivity contribution in [3.8, 4) is 11.8 Å². The first-order chi connectivity index (χ1) is 11.4. The molecule has 1 amide bonds. The molecule has 1 saturated heterocycles. The third-order valence-electron chi connectivity index (χ3n) is 4.48. The molecule has 1 aliphatic heterocycles. The van der Waals surface area contributed by atoms with Gasteiger partial charge in [-0.05, 0) is 44.5 Å². The third kappa shape index (κ3) is 3.13. The molecule has 0 aliphatic carbocycles. The van der Waals surface area contributed by atoms with Crippen LogP contribution in [0.5, 0.6) is 0 Å². The van der Waals surface area contributed by atoms with E-state index in [9.17, 15) is 4.79 Å². The highest BCUT2D eigenvalue weighted by atomic mass is 35.5. The predicted molar refractivity (Wildman–Crippen MR) is 93.7 cm³/mol. The molecule has 24 heavy (non-hydrogen) atoms. The summed E-state index contributed by atoms with van der Waals surface area (Å²) in [5.74, 6) is 5.95. The first kappa shape index (κ1) is 16.5. The second-order valence-corrected chi connectivity index (χ2v) is 6.89. The number of pyridine rings is 2. The van der Waals surface area contributed by atoms with Gasteiger partial charge in [-0.1, -0.05) is 23.4 Å². The Kier molecular flexibility index (Phi) is 4.29. The average Bonchev–Trinajstić information content (AvgIpc) is 2.78. The van der Waals surface area contributed by atoms with Gasteiger partial charge in [0.25, 0.3) is 0 Å². The molecule has 122 valence electrons. The Morgan fingerprint density at radius 1 is 1.25 bits per heavy atom. The highest BCUT2D eigenvalue weighted by Crippen LogP contribution is 2.37. The third-order valence-corrected chi connectivity index (χ3v) is 4.79. The number of likely N-dealkylation sites (N-methyl/N-ethyl adjacent to an activating group) is 1. The van der Waals surface area contributed by atoms with Gasteiger partial charge in [0.15, 0.2) is 0 Å². The van der Waals surface area contributed by atoms with Gasteiger partial charge in [-0.3, -0.25) is 9.78 Å². The molecule has 0 N–H and O–H groups in total. The first-order valence-corrected chi connectivity index (χ1v) is 8.12. The molecule has 1 atom stereocenters. The zero-order chi connectivity index (χ0) is 17.3. The van der Waals surface area contributed by atoms with Crippen molar-refractivity contribution in [3.63, 3.8) is 0 Å². The van der Waals surface area contributed by atoms with Crippen molar-refractivity contribution >= 4 is 17.5 Å². The number of carbonyl (C=O) groups excluding carboxylic acids is 1. The van der Waals surface area contributed by atoms with Crippen molar-refractivity contribution in [1.82, 2.24) is 14.9 Å². The lowest BCUT2D eigenvalue weighted by Gasteiger charge is -2.26. The number of hydrogen-bond acceptors (Lipinski definition) is 3. The Hall–Kier alpha value is -2.38. The summed E-state index contributed by atoms with van der Waals surface area (Å²) in [6.07, 6.45) is 4.10. The van der Waals surface area contributed by atoms with Gasteiger partial charge >= 0.3 is 0 Å². The number of carbonyl (C=O) groups is 1. The Labute approximate surface area is 146 Å². The van der Waals surface area contributed by atoms with Gasteiger partial charge in [0.05, 0.1) is 17.2 Å². The number of nitrogens with zero attached hydrogens (tertiary/aromatic N) is 3. The predicted octanol–water partition coefficient (Wildman–Crippen LogP) is 3.25. The van der Waals surface area contributed by atoms with Gasteiger partial charge in [0, 0.05) is 30.5 Å². The summed E-state index contributed by atoms with van der Waals surface area (Å²) < 4.78 is 0. The van der Waals surface area contributed by atoms with E-state index >= 15 is 0 Å². The van der Waals surface area contributed by atoms with E-state index in [1.165, 1.54) is 0 Å². The normalized spacial score (nSPS) is 19.1. The van der Waals surface area contributed by atoms with Gasteiger partial charge < -0.3 is 4.90 Å². The number of aromatic nitrogens is 2. The molecule has 2 aromatic rings. The van der Waals surface area contributed by atoms with Crippen LogP contribution in [0.4, 0.5) is 0 Å². The van der Waals surface area contributed by atoms with Crippen molar-refractivity contribution in [2.24, 2.45) is 0 Å². The number of likely N-dealkylation sites (tertiary alicyclic amines) is 1. The maximum atomic E-state index is 12.4. The van der Waals surface area contributed by atoms with E-state index in [4.69, 9.17) is 11.6 Å². The van der Waals surface area contributed by atoms with E-state index in [2.05, 4.69) is 35.7 Å². The van der Waals surface area contributed by atoms with Crippen LogP contribution in [-0.2, 0) is 4.79 Å². The molecule has 2 aromatic heterocycles. The summed E-state index contributed by atoms with van der Waals surface area (Å²) in [5.41, 5.74) is 2.11. The molecule has 1 aliphatic rings. The van der Waals surface area contributed by atoms with Gasteiger partial charge in [0.1, 0.15) is 5.15 Å². The fourth-order valence-corrected chi connectivity index (χ4v) is 2.96. The van der Waals surface area contributed by atoms with Crippen LogP contribution >= 0.6 is 11.6 Å². The van der Waals surface area contributed by atoms with Gasteiger partial charge in [-0.25, -0.2) is 4.98 Å². The average molecular weight is 340 g/mol. The maximum absolute atomic E-state index is 12.4. The van der Waals surface area contributed by atoms with Crippen LogP contribution in [-0.4, -0.2) is 33.4 Å². The summed E-state index contributed by atoms with van der Waals surface area (Å²) in [6, 6.07) is 7.38. The molecular weight excluding hydrogens is 322 g/mol. The Morgan fingerprint density at radius 2 is 2.04 bits per heavy atom. The number of amides is 1. The Bertz CT molecular complexity index is 834. The highest BCUT2D eigenvalue weighted by Gasteiger charge is 2.43. The summed E-state index contributed by atoms with van der Waals surface area (Å²) >= 11 is 5.99. The molecule has 4 nitrogen and oxygen atoms in total. The minimum absolute atomic E-state index is 0.119. The van der Waals surface area contributed by atoms with Crippen LogP contribution in [0.1, 0.15) is 43.0 Å². The highest BCUT2D eigenvalue weighted by molar-refractivity contribution is 6.30. The number of hydrogen-bond donors (Lipinski definition) is 0. The van der Waals surface area contributed by atoms with Crippen LogP contribution in [0.3, 0.4) is 0 Å². The van der Waals surface area contributed by atoms with E-state index in [1.54, 1.807) is 23.4 Å². The topological polar surface area (TPSA) is 46.1 Å². The zero-order valence-electron chi connectivity index (χ0n) is 13.9. The standard InChI is InChI=1S/C19H18ClN3O/c1-19(2)11-15(18(24)23(19)3)16-9-7-13(12-22-16)6-8-14-5-4-10-21-17(14)20/h4-5,7,9-10,12,15H,11H2,1-3H3/t15-/m0/s1. The summed E-state index contributed by atoms with van der Waals surface area (Å²) in [5, 5.41) is 0.386. The van der Waals surface area contributed by atoms with Crippen LogP contribution in [0.2, 0.25) is 5.15 Å². The summed E-state index contributed by atoms with van der Waals surface area (Å²) in [7, 11) is 1.85. The van der Waals surface area contributed by atoms with E-state index in [0.29, 0.717) is 10.7 Å². The van der Waals surface area contributed by atoms with Gasteiger partial charge in [-0.2, -0.15) is 0 Å². The minimum atomic E-state index is -0.181. The summed E-state index contributed by atoms with van der Waals surface area (Å²) in [4.78, 5) is 22.6. The van der Waals surface area contributed by atoms with Crippen molar-refractivity contribution in [1.29, 1.82) is 0 Å². The smallest absolute Gasteiger partial charge is 0.231 e. The molecule has 0 bridgehead atoms. The molecule has 1 fully saturated rings. The number of halogens is 1. The minimum Gasteiger partial charge on any atom is -0.340 e. The molecule has 3 rings (SSSR count). The molecule has 0 aromatic carbocycles. The van der Waals surface area contributed by atoms with E-state index in [1.807, 2.05) is 25.2 Å². The maximum Gasteiger partial charge on any atom is 0.231 e. The van der Waals surface area contributed by atoms with Crippen molar-refractivity contribution in [2.75, 3.05) is 7.05 Å². The van der Waals surface area contributed by atoms with E-state index in [-0.39, 0.29) is 17.4 Å². The summed E-state index contributed by atoms with van der Waals surface area (Å²) in [6.45, 7) is 4.14. The van der Waals surface area contributed by atoms with Crippen molar-refractivity contribution in [2.45, 2.75) is 31.7 Å². The Morgan fingerprint density at radius 3 is 2.62 bits per heavy atom. The van der Waals surface area contributed by atoms with Crippen LogP contribution in [0.15, 0.2) is 36.7 Å². The molecule has 0 saturated carbocycles. The second-order valence-electron chi connectivity index (χ2n) is 6.53. The monoisotopic (exact) mass is 339 g/mol. The Balaban J connectivity index is 1.80. The largest absolute Gasteiger partial charge is 0.340 e. The fourth-order valence-electron chi connectivity index (χ4n) is 2.79.